The van der Waals surface area contributed by atoms with Gasteiger partial charge in [0, 0.05) is 49.2 Å². The molecule has 3 N–H and O–H groups in total. The first kappa shape index (κ1) is 19.5. The van der Waals surface area contributed by atoms with Crippen molar-refractivity contribution in [1.29, 1.82) is 0 Å². The van der Waals surface area contributed by atoms with Gasteiger partial charge in [-0.25, -0.2) is 9.97 Å². The topological polar surface area (TPSA) is 98.8 Å². The van der Waals surface area contributed by atoms with E-state index in [1.807, 2.05) is 31.2 Å². The lowest BCUT2D eigenvalue weighted by Gasteiger charge is -2.21. The van der Waals surface area contributed by atoms with Gasteiger partial charge in [-0.3, -0.25) is 9.89 Å². The number of piperazine rings is 1. The zero-order valence-electron chi connectivity index (χ0n) is 16.9. The summed E-state index contributed by atoms with van der Waals surface area (Å²) in [5, 5.41) is 14.7. The third-order valence-electron chi connectivity index (χ3n) is 5.18. The van der Waals surface area contributed by atoms with Gasteiger partial charge in [0.2, 0.25) is 0 Å². The van der Waals surface area contributed by atoms with Crippen LogP contribution in [0.2, 0.25) is 0 Å². The van der Waals surface area contributed by atoms with Crippen molar-refractivity contribution >= 4 is 28.8 Å². The number of hydrogen-bond acceptors (Lipinski definition) is 7. The van der Waals surface area contributed by atoms with Crippen LogP contribution in [0.15, 0.2) is 24.3 Å². The van der Waals surface area contributed by atoms with E-state index in [-0.39, 0.29) is 5.82 Å². The SMILES string of the molecule is CN1CCNCC1.Cc1ccc2nc(C=O)nc(Nc3cc(C4CC4)[nH]n3)c2c1. The number of aryl methyl sites for hydroxylation is 1. The molecule has 1 aromatic carbocycles. The first-order valence-corrected chi connectivity index (χ1v) is 10.1. The molecule has 5 rings (SSSR count). The standard InChI is InChI=1S/C16H15N5O.C5H12N2/c1-9-2-5-12-11(6-9)16(19-15(8-22)17-12)18-14-7-13(20-21-14)10-3-4-10;1-7-4-2-6-3-5-7/h2,5-8,10H,3-4H2,1H3,(H2,17,18,19,20,21);6H,2-5H2,1H3. The molecule has 1 saturated carbocycles. The number of nitrogens with one attached hydrogen (secondary N) is 3. The number of likely N-dealkylation sites (N-methyl/N-ethyl adjacent to an activating group) is 1. The summed E-state index contributed by atoms with van der Waals surface area (Å²) in [6.07, 6.45) is 3.09. The van der Waals surface area contributed by atoms with Crippen LogP contribution in [0.3, 0.4) is 0 Å². The monoisotopic (exact) mass is 393 g/mol. The van der Waals surface area contributed by atoms with Crippen LogP contribution in [0.5, 0.6) is 0 Å². The molecule has 1 aliphatic heterocycles. The molecule has 0 amide bonds. The summed E-state index contributed by atoms with van der Waals surface area (Å²) in [7, 11) is 2.15. The minimum absolute atomic E-state index is 0.164. The number of aldehydes is 1. The maximum atomic E-state index is 11.0. The molecule has 152 valence electrons. The highest BCUT2D eigenvalue weighted by Gasteiger charge is 2.25. The van der Waals surface area contributed by atoms with E-state index >= 15 is 0 Å². The van der Waals surface area contributed by atoms with Crippen LogP contribution in [0.1, 0.15) is 40.6 Å². The predicted octanol–water partition coefficient (Wildman–Crippen LogP) is 2.62. The lowest BCUT2D eigenvalue weighted by molar-refractivity contribution is 0.111. The summed E-state index contributed by atoms with van der Waals surface area (Å²) in [4.78, 5) is 21.9. The van der Waals surface area contributed by atoms with Crippen LogP contribution in [0.4, 0.5) is 11.6 Å². The predicted molar refractivity (Wildman–Crippen MR) is 114 cm³/mol. The molecule has 1 aliphatic carbocycles. The molecule has 8 nitrogen and oxygen atoms in total. The van der Waals surface area contributed by atoms with Gasteiger partial charge in [-0.2, -0.15) is 5.10 Å². The fraction of sp³-hybridized carbons (Fsp3) is 0.429. The smallest absolute Gasteiger partial charge is 0.195 e. The summed E-state index contributed by atoms with van der Waals surface area (Å²) in [6.45, 7) is 6.75. The summed E-state index contributed by atoms with van der Waals surface area (Å²) >= 11 is 0. The van der Waals surface area contributed by atoms with Crippen LogP contribution < -0.4 is 10.6 Å². The zero-order chi connectivity index (χ0) is 20.2. The Hall–Kier alpha value is -2.84. The van der Waals surface area contributed by atoms with Crippen LogP contribution in [0, 0.1) is 6.92 Å². The van der Waals surface area contributed by atoms with Gasteiger partial charge in [0.15, 0.2) is 17.9 Å². The van der Waals surface area contributed by atoms with Gasteiger partial charge in [-0.15, -0.1) is 0 Å². The third-order valence-corrected chi connectivity index (χ3v) is 5.18. The number of aromatic nitrogens is 4. The molecule has 29 heavy (non-hydrogen) atoms. The van der Waals surface area contributed by atoms with Crippen LogP contribution >= 0.6 is 0 Å². The van der Waals surface area contributed by atoms with Crippen molar-refractivity contribution < 1.29 is 4.79 Å². The number of H-pyrrole nitrogens is 1. The number of carbonyl (C=O) groups excluding carboxylic acids is 1. The van der Waals surface area contributed by atoms with Crippen LogP contribution in [-0.2, 0) is 0 Å². The average molecular weight is 393 g/mol. The van der Waals surface area contributed by atoms with E-state index in [9.17, 15) is 4.79 Å². The first-order valence-electron chi connectivity index (χ1n) is 10.1. The molecular formula is C21H27N7O. The highest BCUT2D eigenvalue weighted by Crippen LogP contribution is 2.39. The summed E-state index contributed by atoms with van der Waals surface area (Å²) in [5.41, 5.74) is 2.99. The Bertz CT molecular complexity index is 990. The molecule has 0 spiro atoms. The Morgan fingerprint density at radius 1 is 1.17 bits per heavy atom. The second-order valence-corrected chi connectivity index (χ2v) is 7.73. The van der Waals surface area contributed by atoms with Gasteiger partial charge in [-0.1, -0.05) is 11.6 Å². The van der Waals surface area contributed by atoms with Gasteiger partial charge in [0.05, 0.1) is 5.52 Å². The molecule has 0 radical (unpaired) electrons. The zero-order valence-corrected chi connectivity index (χ0v) is 16.9. The fourth-order valence-corrected chi connectivity index (χ4v) is 3.31. The summed E-state index contributed by atoms with van der Waals surface area (Å²) in [6, 6.07) is 7.86. The van der Waals surface area contributed by atoms with E-state index in [1.165, 1.54) is 25.9 Å². The van der Waals surface area contributed by atoms with E-state index in [4.69, 9.17) is 0 Å². The lowest BCUT2D eigenvalue weighted by atomic mass is 10.1. The highest BCUT2D eigenvalue weighted by molar-refractivity contribution is 5.92. The lowest BCUT2D eigenvalue weighted by Crippen LogP contribution is -2.40. The van der Waals surface area contributed by atoms with E-state index < -0.39 is 0 Å². The van der Waals surface area contributed by atoms with E-state index in [0.29, 0.717) is 23.8 Å². The quantitative estimate of drug-likeness (QED) is 0.586. The van der Waals surface area contributed by atoms with Gasteiger partial charge in [-0.05, 0) is 38.9 Å². The number of aromatic amines is 1. The average Bonchev–Trinajstić information content (AvgIpc) is 3.48. The maximum absolute atomic E-state index is 11.0. The number of carbonyl (C=O) groups is 1. The number of rotatable bonds is 4. The van der Waals surface area contributed by atoms with Crippen molar-refractivity contribution in [1.82, 2.24) is 30.4 Å². The van der Waals surface area contributed by atoms with E-state index in [1.54, 1.807) is 0 Å². The number of anilines is 2. The van der Waals surface area contributed by atoms with Gasteiger partial charge in [0.1, 0.15) is 5.82 Å². The molecule has 1 saturated heterocycles. The van der Waals surface area contributed by atoms with Crippen LogP contribution in [0.25, 0.3) is 10.9 Å². The molecule has 3 aromatic rings. The Labute approximate surface area is 170 Å². The Morgan fingerprint density at radius 2 is 1.97 bits per heavy atom. The van der Waals surface area contributed by atoms with Crippen molar-refractivity contribution in [2.45, 2.75) is 25.7 Å². The van der Waals surface area contributed by atoms with Crippen molar-refractivity contribution in [2.24, 2.45) is 0 Å². The van der Waals surface area contributed by atoms with Gasteiger partial charge >= 0.3 is 0 Å². The normalized spacial score (nSPS) is 16.9. The number of fused-ring (bicyclic) bond motifs is 1. The molecule has 0 bridgehead atoms. The van der Waals surface area contributed by atoms with Crippen molar-refractivity contribution in [3.8, 4) is 0 Å². The number of nitrogens with zero attached hydrogens (tertiary/aromatic N) is 4. The Kier molecular flexibility index (Phi) is 5.82. The Balaban J connectivity index is 0.000000249. The second kappa shape index (κ2) is 8.67. The fourth-order valence-electron chi connectivity index (χ4n) is 3.31. The first-order chi connectivity index (χ1) is 14.1. The second-order valence-electron chi connectivity index (χ2n) is 7.73. The molecule has 8 heteroatoms. The van der Waals surface area contributed by atoms with Crippen molar-refractivity contribution in [2.75, 3.05) is 38.5 Å². The number of benzene rings is 1. The summed E-state index contributed by atoms with van der Waals surface area (Å²) in [5.74, 6) is 2.08. The molecule has 2 aliphatic rings. The minimum atomic E-state index is 0.164. The summed E-state index contributed by atoms with van der Waals surface area (Å²) < 4.78 is 0. The molecule has 0 unspecified atom stereocenters. The minimum Gasteiger partial charge on any atom is -0.323 e. The molecule has 2 fully saturated rings. The number of hydrogen-bond donors (Lipinski definition) is 3. The molecular weight excluding hydrogens is 366 g/mol. The molecule has 2 aromatic heterocycles. The van der Waals surface area contributed by atoms with Crippen molar-refractivity contribution in [3.05, 3.63) is 41.3 Å². The third kappa shape index (κ3) is 4.96. The van der Waals surface area contributed by atoms with Gasteiger partial charge in [0.25, 0.3) is 0 Å². The maximum Gasteiger partial charge on any atom is 0.195 e. The largest absolute Gasteiger partial charge is 0.323 e. The molecule has 0 atom stereocenters. The van der Waals surface area contributed by atoms with Crippen LogP contribution in [-0.4, -0.2) is 64.6 Å². The Morgan fingerprint density at radius 3 is 2.62 bits per heavy atom. The van der Waals surface area contributed by atoms with Crippen molar-refractivity contribution in [3.63, 3.8) is 0 Å². The van der Waals surface area contributed by atoms with Gasteiger partial charge < -0.3 is 15.5 Å². The van der Waals surface area contributed by atoms with E-state index in [0.717, 1.165) is 35.2 Å². The van der Waals surface area contributed by atoms with E-state index in [2.05, 4.69) is 42.7 Å². The highest BCUT2D eigenvalue weighted by atomic mass is 16.1. The molecule has 3 heterocycles.